The van der Waals surface area contributed by atoms with Gasteiger partial charge in [0.05, 0.1) is 11.9 Å². The fourth-order valence-electron chi connectivity index (χ4n) is 1.55. The largest absolute Gasteiger partial charge is 0.237 e. The zero-order valence-corrected chi connectivity index (χ0v) is 11.8. The zero-order valence-electron chi connectivity index (χ0n) is 11.8. The first-order valence-electron chi connectivity index (χ1n) is 6.64. The molecular weight excluding hydrogens is 210 g/mol. The van der Waals surface area contributed by atoms with Crippen molar-refractivity contribution < 1.29 is 0 Å². The summed E-state index contributed by atoms with van der Waals surface area (Å²) in [5.74, 6) is 1.52. The fraction of sp³-hybridized carbons (Fsp3) is 0.786. The second-order valence-corrected chi connectivity index (χ2v) is 5.78. The summed E-state index contributed by atoms with van der Waals surface area (Å²) in [6.45, 7) is 11.1. The molecule has 0 aromatic carbocycles. The van der Waals surface area contributed by atoms with Crippen LogP contribution in [0.1, 0.15) is 59.0 Å². The average molecular weight is 235 g/mol. The molecule has 96 valence electrons. The maximum Gasteiger partial charge on any atom is 0.151 e. The molecule has 0 aliphatic heterocycles. The van der Waals surface area contributed by atoms with E-state index in [4.69, 9.17) is 0 Å². The molecule has 0 amide bonds. The minimum absolute atomic E-state index is 0.264. The van der Waals surface area contributed by atoms with E-state index in [9.17, 15) is 0 Å². The van der Waals surface area contributed by atoms with Crippen molar-refractivity contribution in [1.82, 2.24) is 15.2 Å². The van der Waals surface area contributed by atoms with E-state index in [0.717, 1.165) is 30.8 Å². The normalized spacial score (nSPS) is 13.7. The fourth-order valence-corrected chi connectivity index (χ4v) is 1.55. The van der Waals surface area contributed by atoms with E-state index < -0.39 is 0 Å². The van der Waals surface area contributed by atoms with Gasteiger partial charge in [0.1, 0.15) is 0 Å². The van der Waals surface area contributed by atoms with Crippen LogP contribution in [-0.4, -0.2) is 15.2 Å². The molecule has 0 radical (unpaired) electrons. The van der Waals surface area contributed by atoms with Gasteiger partial charge in [-0.3, -0.25) is 0 Å². The SMILES string of the molecule is CCC(C)Cc1cnc(CC(C)(C)CC)nn1. The van der Waals surface area contributed by atoms with Crippen LogP contribution in [0.25, 0.3) is 0 Å². The van der Waals surface area contributed by atoms with E-state index in [2.05, 4.69) is 49.8 Å². The van der Waals surface area contributed by atoms with E-state index in [1.807, 2.05) is 6.20 Å². The minimum Gasteiger partial charge on any atom is -0.237 e. The van der Waals surface area contributed by atoms with Gasteiger partial charge in [-0.25, -0.2) is 4.98 Å². The molecular formula is C14H25N3. The number of hydrogen-bond donors (Lipinski definition) is 0. The Bertz CT molecular complexity index is 330. The van der Waals surface area contributed by atoms with Gasteiger partial charge in [-0.05, 0) is 17.8 Å². The van der Waals surface area contributed by atoms with E-state index in [1.54, 1.807) is 0 Å². The molecule has 1 aromatic heterocycles. The number of rotatable bonds is 6. The average Bonchev–Trinajstić information content (AvgIpc) is 2.31. The van der Waals surface area contributed by atoms with E-state index in [-0.39, 0.29) is 5.41 Å². The van der Waals surface area contributed by atoms with E-state index in [1.165, 1.54) is 6.42 Å². The monoisotopic (exact) mass is 235 g/mol. The van der Waals surface area contributed by atoms with Crippen molar-refractivity contribution in [2.75, 3.05) is 0 Å². The highest BCUT2D eigenvalue weighted by atomic mass is 15.2. The molecule has 0 N–H and O–H groups in total. The van der Waals surface area contributed by atoms with E-state index in [0.29, 0.717) is 5.92 Å². The van der Waals surface area contributed by atoms with Crippen LogP contribution in [0.3, 0.4) is 0 Å². The molecule has 1 atom stereocenters. The molecule has 3 heteroatoms. The van der Waals surface area contributed by atoms with Crippen LogP contribution in [0.4, 0.5) is 0 Å². The van der Waals surface area contributed by atoms with Crippen molar-refractivity contribution in [3.05, 3.63) is 17.7 Å². The van der Waals surface area contributed by atoms with Gasteiger partial charge < -0.3 is 0 Å². The summed E-state index contributed by atoms with van der Waals surface area (Å²) in [5.41, 5.74) is 1.28. The summed E-state index contributed by atoms with van der Waals surface area (Å²) < 4.78 is 0. The summed E-state index contributed by atoms with van der Waals surface area (Å²) in [7, 11) is 0. The Morgan fingerprint density at radius 3 is 2.41 bits per heavy atom. The van der Waals surface area contributed by atoms with Gasteiger partial charge in [0.25, 0.3) is 0 Å². The summed E-state index contributed by atoms with van der Waals surface area (Å²) in [6, 6.07) is 0. The number of nitrogens with zero attached hydrogens (tertiary/aromatic N) is 3. The molecule has 1 heterocycles. The van der Waals surface area contributed by atoms with Crippen LogP contribution in [0.5, 0.6) is 0 Å². The van der Waals surface area contributed by atoms with Gasteiger partial charge in [0.15, 0.2) is 5.82 Å². The Labute approximate surface area is 105 Å². The quantitative estimate of drug-likeness (QED) is 0.758. The lowest BCUT2D eigenvalue weighted by molar-refractivity contribution is 0.339. The smallest absolute Gasteiger partial charge is 0.151 e. The number of hydrogen-bond acceptors (Lipinski definition) is 3. The first-order valence-corrected chi connectivity index (χ1v) is 6.64. The highest BCUT2D eigenvalue weighted by Crippen LogP contribution is 2.23. The molecule has 17 heavy (non-hydrogen) atoms. The lowest BCUT2D eigenvalue weighted by Gasteiger charge is -2.20. The van der Waals surface area contributed by atoms with Crippen LogP contribution >= 0.6 is 0 Å². The third-order valence-electron chi connectivity index (χ3n) is 3.50. The molecule has 1 rings (SSSR count). The van der Waals surface area contributed by atoms with Gasteiger partial charge in [-0.2, -0.15) is 5.10 Å². The lowest BCUT2D eigenvalue weighted by atomic mass is 9.86. The van der Waals surface area contributed by atoms with Crippen molar-refractivity contribution in [2.24, 2.45) is 11.3 Å². The predicted molar refractivity (Wildman–Crippen MR) is 70.8 cm³/mol. The molecule has 0 spiro atoms. The maximum atomic E-state index is 4.43. The van der Waals surface area contributed by atoms with Crippen LogP contribution in [0.15, 0.2) is 6.20 Å². The van der Waals surface area contributed by atoms with E-state index >= 15 is 0 Å². The Morgan fingerprint density at radius 2 is 1.94 bits per heavy atom. The highest BCUT2D eigenvalue weighted by Gasteiger charge is 2.17. The summed E-state index contributed by atoms with van der Waals surface area (Å²) in [4.78, 5) is 4.43. The van der Waals surface area contributed by atoms with Gasteiger partial charge in [0.2, 0.25) is 0 Å². The van der Waals surface area contributed by atoms with Crippen molar-refractivity contribution >= 4 is 0 Å². The van der Waals surface area contributed by atoms with Crippen LogP contribution in [0, 0.1) is 11.3 Å². The Balaban J connectivity index is 2.62. The summed E-state index contributed by atoms with van der Waals surface area (Å²) >= 11 is 0. The molecule has 1 aromatic rings. The third-order valence-corrected chi connectivity index (χ3v) is 3.50. The second kappa shape index (κ2) is 6.08. The molecule has 0 saturated heterocycles. The maximum absolute atomic E-state index is 4.43. The second-order valence-electron chi connectivity index (χ2n) is 5.78. The van der Waals surface area contributed by atoms with Gasteiger partial charge >= 0.3 is 0 Å². The standard InChI is InChI=1S/C14H25N3/c1-6-11(3)8-12-10-15-13(17-16-12)9-14(4,5)7-2/h10-11H,6-9H2,1-5H3. The molecule has 0 aliphatic carbocycles. The molecule has 0 aliphatic rings. The minimum atomic E-state index is 0.264. The van der Waals surface area contributed by atoms with Crippen LogP contribution < -0.4 is 0 Å². The molecule has 3 nitrogen and oxygen atoms in total. The predicted octanol–water partition coefficient (Wildman–Crippen LogP) is 3.44. The summed E-state index contributed by atoms with van der Waals surface area (Å²) in [6.07, 6.45) is 6.07. The molecule has 0 saturated carbocycles. The van der Waals surface area contributed by atoms with Crippen LogP contribution in [-0.2, 0) is 12.8 Å². The Morgan fingerprint density at radius 1 is 1.24 bits per heavy atom. The van der Waals surface area contributed by atoms with Gasteiger partial charge in [-0.15, -0.1) is 5.10 Å². The first-order chi connectivity index (χ1) is 7.96. The van der Waals surface area contributed by atoms with Crippen LogP contribution in [0.2, 0.25) is 0 Å². The highest BCUT2D eigenvalue weighted by molar-refractivity contribution is 4.97. The van der Waals surface area contributed by atoms with Crippen molar-refractivity contribution in [3.8, 4) is 0 Å². The van der Waals surface area contributed by atoms with Crippen molar-refractivity contribution in [3.63, 3.8) is 0 Å². The number of aromatic nitrogens is 3. The van der Waals surface area contributed by atoms with Crippen molar-refractivity contribution in [2.45, 2.75) is 60.3 Å². The topological polar surface area (TPSA) is 38.7 Å². The molecule has 0 fully saturated rings. The summed E-state index contributed by atoms with van der Waals surface area (Å²) in [5, 5.41) is 8.51. The first kappa shape index (κ1) is 14.1. The molecule has 0 bridgehead atoms. The molecule has 1 unspecified atom stereocenters. The lowest BCUT2D eigenvalue weighted by Crippen LogP contribution is -2.16. The van der Waals surface area contributed by atoms with Gasteiger partial charge in [-0.1, -0.05) is 47.5 Å². The zero-order chi connectivity index (χ0) is 12.9. The third kappa shape index (κ3) is 4.80. The Kier molecular flexibility index (Phi) is 5.03. The Hall–Kier alpha value is -0.990. The van der Waals surface area contributed by atoms with Crippen molar-refractivity contribution in [1.29, 1.82) is 0 Å². The van der Waals surface area contributed by atoms with Gasteiger partial charge in [0, 0.05) is 6.42 Å².